The number of aliphatic hydroxyl groups excluding tert-OH is 6. The highest BCUT2D eigenvalue weighted by Crippen LogP contribution is 2.24. The first-order valence-corrected chi connectivity index (χ1v) is 9.68. The van der Waals surface area contributed by atoms with Gasteiger partial charge in [-0.05, 0) is 5.56 Å². The number of benzene rings is 1. The maximum atomic E-state index is 10.2. The fourth-order valence-corrected chi connectivity index (χ4v) is 3.24. The summed E-state index contributed by atoms with van der Waals surface area (Å²) in [6.07, 6.45) is -8.64. The van der Waals surface area contributed by atoms with Gasteiger partial charge in [0.25, 0.3) is 0 Å². The van der Waals surface area contributed by atoms with Crippen molar-refractivity contribution in [2.45, 2.75) is 55.3 Å². The Morgan fingerprint density at radius 2 is 1.60 bits per heavy atom. The van der Waals surface area contributed by atoms with Crippen molar-refractivity contribution < 1.29 is 49.6 Å². The average molecular weight is 428 g/mol. The van der Waals surface area contributed by atoms with Crippen LogP contribution >= 0.6 is 0 Å². The predicted octanol–water partition coefficient (Wildman–Crippen LogP) is -2.02. The van der Waals surface area contributed by atoms with Gasteiger partial charge in [0.1, 0.15) is 42.7 Å². The molecule has 168 valence electrons. The number of ether oxygens (including phenoxy) is 4. The molecule has 2 heterocycles. The molecule has 2 saturated heterocycles. The van der Waals surface area contributed by atoms with Gasteiger partial charge in [-0.3, -0.25) is 0 Å². The molecule has 9 atom stereocenters. The molecule has 0 aromatic heterocycles. The number of hydrogen-bond donors (Lipinski definition) is 6. The fraction of sp³-hybridized carbons (Fsp3) is 0.600. The highest BCUT2D eigenvalue weighted by atomic mass is 16.7. The van der Waals surface area contributed by atoms with Gasteiger partial charge in [-0.15, -0.1) is 0 Å². The van der Waals surface area contributed by atoms with Crippen LogP contribution in [0, 0.1) is 0 Å². The Morgan fingerprint density at radius 3 is 2.33 bits per heavy atom. The summed E-state index contributed by atoms with van der Waals surface area (Å²) in [5.74, 6) is 0. The van der Waals surface area contributed by atoms with E-state index in [1.54, 1.807) is 6.08 Å². The van der Waals surface area contributed by atoms with Gasteiger partial charge >= 0.3 is 0 Å². The molecule has 2 fully saturated rings. The molecule has 0 saturated carbocycles. The Bertz CT molecular complexity index is 671. The third-order valence-electron chi connectivity index (χ3n) is 5.06. The monoisotopic (exact) mass is 428 g/mol. The highest BCUT2D eigenvalue weighted by molar-refractivity contribution is 5.48. The lowest BCUT2D eigenvalue weighted by Gasteiger charge is -2.41. The van der Waals surface area contributed by atoms with E-state index in [9.17, 15) is 30.6 Å². The van der Waals surface area contributed by atoms with E-state index in [1.807, 2.05) is 36.4 Å². The quantitative estimate of drug-likeness (QED) is 0.286. The summed E-state index contributed by atoms with van der Waals surface area (Å²) in [6.45, 7) is -0.373. The maximum Gasteiger partial charge on any atom is 0.187 e. The Hall–Kier alpha value is -1.44. The van der Waals surface area contributed by atoms with E-state index < -0.39 is 55.3 Å². The number of aliphatic hydroxyl groups is 6. The van der Waals surface area contributed by atoms with Crippen LogP contribution in [0.15, 0.2) is 36.4 Å². The third kappa shape index (κ3) is 5.62. The molecule has 10 nitrogen and oxygen atoms in total. The second-order valence-corrected chi connectivity index (χ2v) is 7.24. The zero-order valence-electron chi connectivity index (χ0n) is 16.2. The topological polar surface area (TPSA) is 158 Å². The minimum absolute atomic E-state index is 0.0896. The minimum atomic E-state index is -1.54. The molecule has 2 aliphatic rings. The zero-order chi connectivity index (χ0) is 21.7. The van der Waals surface area contributed by atoms with Crippen LogP contribution in [0.2, 0.25) is 0 Å². The van der Waals surface area contributed by atoms with E-state index in [4.69, 9.17) is 18.9 Å². The number of hydrogen-bond acceptors (Lipinski definition) is 10. The number of rotatable bonds is 7. The second-order valence-electron chi connectivity index (χ2n) is 7.24. The van der Waals surface area contributed by atoms with Crippen molar-refractivity contribution in [2.75, 3.05) is 19.8 Å². The van der Waals surface area contributed by atoms with Crippen molar-refractivity contribution >= 4 is 6.08 Å². The van der Waals surface area contributed by atoms with Gasteiger partial charge in [-0.2, -0.15) is 0 Å². The first-order valence-electron chi connectivity index (χ1n) is 9.68. The Kier molecular flexibility index (Phi) is 8.31. The Balaban J connectivity index is 1.52. The first kappa shape index (κ1) is 23.2. The molecule has 1 aromatic rings. The van der Waals surface area contributed by atoms with Crippen LogP contribution in [0.1, 0.15) is 5.56 Å². The van der Waals surface area contributed by atoms with Crippen molar-refractivity contribution in [1.82, 2.24) is 0 Å². The molecular formula is C20H28O10. The second kappa shape index (κ2) is 10.7. The van der Waals surface area contributed by atoms with Crippen molar-refractivity contribution in [3.8, 4) is 0 Å². The van der Waals surface area contributed by atoms with Crippen LogP contribution in [-0.4, -0.2) is 106 Å². The van der Waals surface area contributed by atoms with Gasteiger partial charge in [0.05, 0.1) is 19.8 Å². The SMILES string of the molecule is O[C@@H]1[C@@H](O)[C@H](OC/C=C/c2ccccc2)O[C@H](CO[C@@H]2CO[C@H](O)[C@H](O)[C@H]2O)[C@H]1O. The third-order valence-corrected chi connectivity index (χ3v) is 5.06. The molecule has 30 heavy (non-hydrogen) atoms. The van der Waals surface area contributed by atoms with Gasteiger partial charge in [0.2, 0.25) is 0 Å². The van der Waals surface area contributed by atoms with Crippen LogP contribution < -0.4 is 0 Å². The molecule has 1 aromatic carbocycles. The minimum Gasteiger partial charge on any atom is -0.387 e. The van der Waals surface area contributed by atoms with E-state index in [2.05, 4.69) is 0 Å². The molecule has 0 spiro atoms. The molecule has 3 rings (SSSR count). The van der Waals surface area contributed by atoms with Crippen molar-refractivity contribution in [2.24, 2.45) is 0 Å². The molecule has 0 bridgehead atoms. The predicted molar refractivity (Wildman–Crippen MR) is 102 cm³/mol. The van der Waals surface area contributed by atoms with E-state index in [-0.39, 0.29) is 19.8 Å². The molecule has 0 amide bonds. The van der Waals surface area contributed by atoms with Crippen LogP contribution in [0.25, 0.3) is 6.08 Å². The van der Waals surface area contributed by atoms with E-state index in [0.29, 0.717) is 0 Å². The Morgan fingerprint density at radius 1 is 0.867 bits per heavy atom. The van der Waals surface area contributed by atoms with Crippen LogP contribution in [0.4, 0.5) is 0 Å². The fourth-order valence-electron chi connectivity index (χ4n) is 3.24. The summed E-state index contributed by atoms with van der Waals surface area (Å²) >= 11 is 0. The molecular weight excluding hydrogens is 400 g/mol. The van der Waals surface area contributed by atoms with Crippen LogP contribution in [0.3, 0.4) is 0 Å². The smallest absolute Gasteiger partial charge is 0.187 e. The van der Waals surface area contributed by atoms with Gasteiger partial charge in [-0.1, -0.05) is 42.5 Å². The molecule has 0 aliphatic carbocycles. The molecule has 0 unspecified atom stereocenters. The maximum absolute atomic E-state index is 10.2. The van der Waals surface area contributed by atoms with Gasteiger partial charge in [-0.25, -0.2) is 0 Å². The lowest BCUT2D eigenvalue weighted by molar-refractivity contribution is -0.309. The molecule has 10 heteroatoms. The largest absolute Gasteiger partial charge is 0.387 e. The summed E-state index contributed by atoms with van der Waals surface area (Å²) in [5, 5.41) is 59.3. The van der Waals surface area contributed by atoms with Gasteiger partial charge < -0.3 is 49.6 Å². The van der Waals surface area contributed by atoms with Crippen LogP contribution in [-0.2, 0) is 18.9 Å². The summed E-state index contributed by atoms with van der Waals surface area (Å²) in [5.41, 5.74) is 0.966. The lowest BCUT2D eigenvalue weighted by atomic mass is 9.99. The normalized spacial score (nSPS) is 40.0. The Labute approximate surface area is 173 Å². The van der Waals surface area contributed by atoms with Gasteiger partial charge in [0, 0.05) is 0 Å². The van der Waals surface area contributed by atoms with Crippen molar-refractivity contribution in [1.29, 1.82) is 0 Å². The van der Waals surface area contributed by atoms with E-state index in [1.165, 1.54) is 0 Å². The summed E-state index contributed by atoms with van der Waals surface area (Å²) in [7, 11) is 0. The molecule has 2 aliphatic heterocycles. The highest BCUT2D eigenvalue weighted by Gasteiger charge is 2.45. The lowest BCUT2D eigenvalue weighted by Crippen LogP contribution is -2.60. The summed E-state index contributed by atoms with van der Waals surface area (Å²) in [4.78, 5) is 0. The van der Waals surface area contributed by atoms with Crippen molar-refractivity contribution in [3.05, 3.63) is 42.0 Å². The van der Waals surface area contributed by atoms with Crippen LogP contribution in [0.5, 0.6) is 0 Å². The molecule has 0 radical (unpaired) electrons. The zero-order valence-corrected chi connectivity index (χ0v) is 16.2. The summed E-state index contributed by atoms with van der Waals surface area (Å²) in [6, 6.07) is 9.51. The standard InChI is InChI=1S/C20H28O10/c21-14-12(9-29-19(26)17(14)24)28-10-13-15(22)16(23)18(25)20(30-13)27-8-4-7-11-5-2-1-3-6-11/h1-7,12-26H,8-10H2/b7-4+/t12-,13-,14+,15-,16+,17-,18-,19+,20-/m1/s1. The van der Waals surface area contributed by atoms with Gasteiger partial charge in [0.15, 0.2) is 12.6 Å². The average Bonchev–Trinajstić information content (AvgIpc) is 2.76. The van der Waals surface area contributed by atoms with Crippen molar-refractivity contribution in [3.63, 3.8) is 0 Å². The first-order chi connectivity index (χ1) is 14.4. The summed E-state index contributed by atoms with van der Waals surface area (Å²) < 4.78 is 21.4. The van der Waals surface area contributed by atoms with E-state index >= 15 is 0 Å². The molecule has 6 N–H and O–H groups in total. The van der Waals surface area contributed by atoms with E-state index in [0.717, 1.165) is 5.56 Å².